The van der Waals surface area contributed by atoms with E-state index in [1.165, 1.54) is 6.92 Å². The van der Waals surface area contributed by atoms with Gasteiger partial charge in [0, 0.05) is 43.9 Å². The Bertz CT molecular complexity index is 985. The highest BCUT2D eigenvalue weighted by Crippen LogP contribution is 2.21. The van der Waals surface area contributed by atoms with Gasteiger partial charge in [0.05, 0.1) is 12.0 Å². The molecule has 30 heavy (non-hydrogen) atoms. The summed E-state index contributed by atoms with van der Waals surface area (Å²) in [5, 5.41) is 0. The second-order valence-corrected chi connectivity index (χ2v) is 7.91. The zero-order valence-corrected chi connectivity index (χ0v) is 16.9. The van der Waals surface area contributed by atoms with Gasteiger partial charge < -0.3 is 9.64 Å². The lowest BCUT2D eigenvalue weighted by Gasteiger charge is -2.35. The number of hydrogen-bond acceptors (Lipinski definition) is 4. The van der Waals surface area contributed by atoms with Crippen molar-refractivity contribution in [1.82, 2.24) is 9.80 Å². The van der Waals surface area contributed by atoms with Gasteiger partial charge in [0.1, 0.15) is 18.2 Å². The third kappa shape index (κ3) is 4.36. The van der Waals surface area contributed by atoms with E-state index in [1.54, 1.807) is 4.90 Å². The monoisotopic (exact) mass is 414 g/mol. The van der Waals surface area contributed by atoms with Crippen LogP contribution in [0.1, 0.15) is 32.6 Å². The molecule has 0 spiro atoms. The maximum atomic E-state index is 14.0. The Hall–Kier alpha value is -2.80. The SMILES string of the molecule is Cc1cc(F)c(CC(=O)N2CCN(CCc3ccc4c(c3)COC4=O)CC2)cc1F. The van der Waals surface area contributed by atoms with Gasteiger partial charge in [-0.25, -0.2) is 13.6 Å². The standard InChI is InChI=1S/C23H24F2N2O3/c1-15-10-21(25)17(12-20(15)24)13-22(28)27-8-6-26(7-9-27)5-4-16-2-3-19-18(11-16)14-30-23(19)29/h2-3,10-12H,4-9,13-14H2,1H3. The number of hydrogen-bond donors (Lipinski definition) is 0. The van der Waals surface area contributed by atoms with Crippen LogP contribution >= 0.6 is 0 Å². The molecule has 0 aliphatic carbocycles. The van der Waals surface area contributed by atoms with Crippen LogP contribution < -0.4 is 0 Å². The van der Waals surface area contributed by atoms with Crippen molar-refractivity contribution in [2.45, 2.75) is 26.4 Å². The molecule has 158 valence electrons. The number of nitrogens with zero attached hydrogens (tertiary/aromatic N) is 2. The van der Waals surface area contributed by atoms with Crippen LogP contribution in [0.5, 0.6) is 0 Å². The number of ether oxygens (including phenoxy) is 1. The van der Waals surface area contributed by atoms with Gasteiger partial charge in [-0.15, -0.1) is 0 Å². The minimum Gasteiger partial charge on any atom is -0.457 e. The molecule has 1 saturated heterocycles. The Morgan fingerprint density at radius 3 is 2.60 bits per heavy atom. The summed E-state index contributed by atoms with van der Waals surface area (Å²) in [5.74, 6) is -1.47. The number of carbonyl (C=O) groups is 2. The van der Waals surface area contributed by atoms with Gasteiger partial charge in [-0.1, -0.05) is 12.1 Å². The maximum Gasteiger partial charge on any atom is 0.338 e. The van der Waals surface area contributed by atoms with E-state index < -0.39 is 11.6 Å². The fourth-order valence-electron chi connectivity index (χ4n) is 3.95. The molecule has 1 amide bonds. The fourth-order valence-corrected chi connectivity index (χ4v) is 3.95. The summed E-state index contributed by atoms with van der Waals surface area (Å²) in [7, 11) is 0. The highest BCUT2D eigenvalue weighted by Gasteiger charge is 2.23. The Morgan fingerprint density at radius 1 is 1.07 bits per heavy atom. The molecule has 2 heterocycles. The number of fused-ring (bicyclic) bond motifs is 1. The van der Waals surface area contributed by atoms with E-state index in [0.717, 1.165) is 49.3 Å². The van der Waals surface area contributed by atoms with Gasteiger partial charge >= 0.3 is 5.97 Å². The first kappa shape index (κ1) is 20.5. The zero-order chi connectivity index (χ0) is 21.3. The number of amides is 1. The van der Waals surface area contributed by atoms with E-state index in [0.29, 0.717) is 25.3 Å². The normalized spacial score (nSPS) is 16.5. The largest absolute Gasteiger partial charge is 0.457 e. The summed E-state index contributed by atoms with van der Waals surface area (Å²) in [6, 6.07) is 8.06. The van der Waals surface area contributed by atoms with E-state index in [9.17, 15) is 18.4 Å². The molecular formula is C23H24F2N2O3. The Morgan fingerprint density at radius 2 is 1.83 bits per heavy atom. The molecule has 2 aliphatic heterocycles. The average Bonchev–Trinajstić information content (AvgIpc) is 3.11. The van der Waals surface area contributed by atoms with Crippen molar-refractivity contribution in [1.29, 1.82) is 0 Å². The molecule has 0 aromatic heterocycles. The molecule has 2 aromatic rings. The van der Waals surface area contributed by atoms with Crippen molar-refractivity contribution < 1.29 is 23.1 Å². The lowest BCUT2D eigenvalue weighted by Crippen LogP contribution is -2.49. The third-order valence-corrected chi connectivity index (χ3v) is 5.86. The highest BCUT2D eigenvalue weighted by molar-refractivity contribution is 5.93. The number of rotatable bonds is 5. The lowest BCUT2D eigenvalue weighted by atomic mass is 10.0. The van der Waals surface area contributed by atoms with Crippen molar-refractivity contribution in [3.05, 3.63) is 69.8 Å². The number of esters is 1. The van der Waals surface area contributed by atoms with Crippen molar-refractivity contribution in [2.24, 2.45) is 0 Å². The summed E-state index contributed by atoms with van der Waals surface area (Å²) in [4.78, 5) is 28.0. The van der Waals surface area contributed by atoms with Gasteiger partial charge in [-0.05, 0) is 42.7 Å². The van der Waals surface area contributed by atoms with Crippen LogP contribution in [0.15, 0.2) is 30.3 Å². The lowest BCUT2D eigenvalue weighted by molar-refractivity contribution is -0.132. The van der Waals surface area contributed by atoms with Crippen LogP contribution in [0.4, 0.5) is 8.78 Å². The number of halogens is 2. The van der Waals surface area contributed by atoms with E-state index in [2.05, 4.69) is 4.90 Å². The first-order chi connectivity index (χ1) is 14.4. The van der Waals surface area contributed by atoms with E-state index >= 15 is 0 Å². The Labute approximate surface area is 174 Å². The van der Waals surface area contributed by atoms with Crippen molar-refractivity contribution in [2.75, 3.05) is 32.7 Å². The number of carbonyl (C=O) groups excluding carboxylic acids is 2. The summed E-state index contributed by atoms with van der Waals surface area (Å²) in [5.41, 5.74) is 3.08. The summed E-state index contributed by atoms with van der Waals surface area (Å²) in [6.07, 6.45) is 0.724. The second kappa shape index (κ2) is 8.52. The first-order valence-electron chi connectivity index (χ1n) is 10.1. The molecular weight excluding hydrogens is 390 g/mol. The van der Waals surface area contributed by atoms with Crippen molar-refractivity contribution in [3.63, 3.8) is 0 Å². The van der Waals surface area contributed by atoms with Crippen LogP contribution in [0, 0.1) is 18.6 Å². The molecule has 0 atom stereocenters. The molecule has 0 bridgehead atoms. The summed E-state index contributed by atoms with van der Waals surface area (Å²) >= 11 is 0. The van der Waals surface area contributed by atoms with Crippen molar-refractivity contribution in [3.8, 4) is 0 Å². The summed E-state index contributed by atoms with van der Waals surface area (Å²) < 4.78 is 32.8. The molecule has 1 fully saturated rings. The van der Waals surface area contributed by atoms with Gasteiger partial charge in [0.15, 0.2) is 0 Å². The highest BCUT2D eigenvalue weighted by atomic mass is 19.1. The van der Waals surface area contributed by atoms with Gasteiger partial charge in [-0.3, -0.25) is 9.69 Å². The van der Waals surface area contributed by atoms with E-state index in [-0.39, 0.29) is 29.4 Å². The fraction of sp³-hybridized carbons (Fsp3) is 0.391. The first-order valence-corrected chi connectivity index (χ1v) is 10.1. The molecule has 0 radical (unpaired) electrons. The van der Waals surface area contributed by atoms with E-state index in [4.69, 9.17) is 4.74 Å². The smallest absolute Gasteiger partial charge is 0.338 e. The third-order valence-electron chi connectivity index (χ3n) is 5.86. The molecule has 0 N–H and O–H groups in total. The van der Waals surface area contributed by atoms with Crippen LogP contribution in [-0.2, 0) is 29.0 Å². The number of aryl methyl sites for hydroxylation is 1. The van der Waals surface area contributed by atoms with E-state index in [1.807, 2.05) is 18.2 Å². The van der Waals surface area contributed by atoms with Crippen molar-refractivity contribution >= 4 is 11.9 Å². The minimum absolute atomic E-state index is 0.101. The quantitative estimate of drug-likeness (QED) is 0.706. The zero-order valence-electron chi connectivity index (χ0n) is 16.9. The molecule has 2 aromatic carbocycles. The summed E-state index contributed by atoms with van der Waals surface area (Å²) in [6.45, 7) is 5.32. The van der Waals surface area contributed by atoms with Crippen LogP contribution in [0.2, 0.25) is 0 Å². The van der Waals surface area contributed by atoms with Gasteiger partial charge in [0.2, 0.25) is 5.91 Å². The topological polar surface area (TPSA) is 49.9 Å². The van der Waals surface area contributed by atoms with Gasteiger partial charge in [-0.2, -0.15) is 0 Å². The van der Waals surface area contributed by atoms with Gasteiger partial charge in [0.25, 0.3) is 0 Å². The predicted molar refractivity (Wildman–Crippen MR) is 107 cm³/mol. The number of piperazine rings is 1. The number of cyclic esters (lactones) is 1. The molecule has 7 heteroatoms. The average molecular weight is 414 g/mol. The molecule has 0 saturated carbocycles. The molecule has 2 aliphatic rings. The maximum absolute atomic E-state index is 14.0. The number of benzene rings is 2. The van der Waals surface area contributed by atoms with Crippen LogP contribution in [0.3, 0.4) is 0 Å². The molecule has 5 nitrogen and oxygen atoms in total. The minimum atomic E-state index is -0.540. The molecule has 4 rings (SSSR count). The van der Waals surface area contributed by atoms with Crippen LogP contribution in [0.25, 0.3) is 0 Å². The second-order valence-electron chi connectivity index (χ2n) is 7.91. The predicted octanol–water partition coefficient (Wildman–Crippen LogP) is 2.87. The Balaban J connectivity index is 1.26. The molecule has 0 unspecified atom stereocenters. The Kier molecular flexibility index (Phi) is 5.81. The van der Waals surface area contributed by atoms with Crippen LogP contribution in [-0.4, -0.2) is 54.4 Å².